The number of aryl methyl sites for hydroxylation is 1. The second-order valence-electron chi connectivity index (χ2n) is 3.09. The summed E-state index contributed by atoms with van der Waals surface area (Å²) in [4.78, 5) is 0. The lowest BCUT2D eigenvalue weighted by atomic mass is 10.1. The summed E-state index contributed by atoms with van der Waals surface area (Å²) >= 11 is 3.48. The summed E-state index contributed by atoms with van der Waals surface area (Å²) < 4.78 is 6.05. The first kappa shape index (κ1) is 10.7. The van der Waals surface area contributed by atoms with Gasteiger partial charge in [0, 0.05) is 11.6 Å². The molecule has 1 aromatic rings. The third-order valence-corrected chi connectivity index (χ3v) is 2.59. The summed E-state index contributed by atoms with van der Waals surface area (Å²) in [6.07, 6.45) is 0. The van der Waals surface area contributed by atoms with Gasteiger partial charge in [-0.2, -0.15) is 0 Å². The number of hydrogen-bond donors (Lipinski definition) is 1. The molecule has 0 aliphatic carbocycles. The topological polar surface area (TPSA) is 35.2 Å². The molecular weight excluding hydrogens is 230 g/mol. The van der Waals surface area contributed by atoms with Crippen LogP contribution in [0, 0.1) is 6.92 Å². The molecular formula is C10H14BrNO. The average Bonchev–Trinajstić information content (AvgIpc) is 2.04. The van der Waals surface area contributed by atoms with Crippen LogP contribution in [0.25, 0.3) is 0 Å². The number of nitrogens with two attached hydrogens (primary N) is 1. The number of hydrogen-bond acceptors (Lipinski definition) is 2. The standard InChI is InChI=1S/C10H14BrNO/c1-7-3-4-8(9(11)5-7)10(12)6-13-2/h3-5,10H,6,12H2,1-2H3. The summed E-state index contributed by atoms with van der Waals surface area (Å²) in [5.41, 5.74) is 8.21. The highest BCUT2D eigenvalue weighted by Gasteiger charge is 2.08. The van der Waals surface area contributed by atoms with Gasteiger partial charge in [0.1, 0.15) is 0 Å². The summed E-state index contributed by atoms with van der Waals surface area (Å²) in [5, 5.41) is 0. The minimum absolute atomic E-state index is 0.0556. The lowest BCUT2D eigenvalue weighted by Gasteiger charge is -2.12. The molecule has 1 atom stereocenters. The Morgan fingerprint density at radius 2 is 2.23 bits per heavy atom. The SMILES string of the molecule is COCC(N)c1ccc(C)cc1Br. The minimum Gasteiger partial charge on any atom is -0.383 e. The molecule has 1 rings (SSSR count). The van der Waals surface area contributed by atoms with Gasteiger partial charge in [0.25, 0.3) is 0 Å². The highest BCUT2D eigenvalue weighted by molar-refractivity contribution is 9.10. The molecule has 1 unspecified atom stereocenters. The van der Waals surface area contributed by atoms with E-state index in [1.165, 1.54) is 5.56 Å². The fraction of sp³-hybridized carbons (Fsp3) is 0.400. The van der Waals surface area contributed by atoms with Crippen molar-refractivity contribution in [2.75, 3.05) is 13.7 Å². The van der Waals surface area contributed by atoms with Crippen molar-refractivity contribution in [1.82, 2.24) is 0 Å². The van der Waals surface area contributed by atoms with Crippen molar-refractivity contribution in [1.29, 1.82) is 0 Å². The largest absolute Gasteiger partial charge is 0.383 e. The van der Waals surface area contributed by atoms with Crippen molar-refractivity contribution in [2.45, 2.75) is 13.0 Å². The summed E-state index contributed by atoms with van der Waals surface area (Å²) in [6.45, 7) is 2.60. The number of rotatable bonds is 3. The zero-order valence-electron chi connectivity index (χ0n) is 7.88. The van der Waals surface area contributed by atoms with Gasteiger partial charge in [0.05, 0.1) is 12.6 Å². The van der Waals surface area contributed by atoms with E-state index >= 15 is 0 Å². The maximum Gasteiger partial charge on any atom is 0.0655 e. The van der Waals surface area contributed by atoms with E-state index in [9.17, 15) is 0 Å². The van der Waals surface area contributed by atoms with Crippen LogP contribution in [0.5, 0.6) is 0 Å². The fourth-order valence-corrected chi connectivity index (χ4v) is 1.99. The van der Waals surface area contributed by atoms with Crippen molar-refractivity contribution in [2.24, 2.45) is 5.73 Å². The molecule has 2 N–H and O–H groups in total. The maximum absolute atomic E-state index is 5.90. The fourth-order valence-electron chi connectivity index (χ4n) is 1.20. The van der Waals surface area contributed by atoms with E-state index in [0.29, 0.717) is 6.61 Å². The second-order valence-corrected chi connectivity index (χ2v) is 3.94. The van der Waals surface area contributed by atoms with Crippen LogP contribution in [-0.4, -0.2) is 13.7 Å². The molecule has 0 aliphatic rings. The Balaban J connectivity index is 2.88. The lowest BCUT2D eigenvalue weighted by Crippen LogP contribution is -2.16. The zero-order chi connectivity index (χ0) is 9.84. The van der Waals surface area contributed by atoms with Crippen LogP contribution in [0.2, 0.25) is 0 Å². The Labute approximate surface area is 87.2 Å². The molecule has 0 fully saturated rings. The smallest absolute Gasteiger partial charge is 0.0655 e. The summed E-state index contributed by atoms with van der Waals surface area (Å²) in [6, 6.07) is 6.09. The first-order valence-electron chi connectivity index (χ1n) is 4.15. The summed E-state index contributed by atoms with van der Waals surface area (Å²) in [7, 11) is 1.65. The monoisotopic (exact) mass is 243 g/mol. The Morgan fingerprint density at radius 3 is 2.77 bits per heavy atom. The van der Waals surface area contributed by atoms with Crippen molar-refractivity contribution >= 4 is 15.9 Å². The molecule has 3 heteroatoms. The van der Waals surface area contributed by atoms with Gasteiger partial charge in [-0.1, -0.05) is 28.1 Å². The molecule has 0 spiro atoms. The molecule has 0 radical (unpaired) electrons. The van der Waals surface area contributed by atoms with Gasteiger partial charge < -0.3 is 10.5 Å². The van der Waals surface area contributed by atoms with E-state index in [4.69, 9.17) is 10.5 Å². The van der Waals surface area contributed by atoms with E-state index in [-0.39, 0.29) is 6.04 Å². The molecule has 2 nitrogen and oxygen atoms in total. The van der Waals surface area contributed by atoms with E-state index in [2.05, 4.69) is 35.0 Å². The van der Waals surface area contributed by atoms with Crippen LogP contribution in [0.15, 0.2) is 22.7 Å². The highest BCUT2D eigenvalue weighted by Crippen LogP contribution is 2.23. The first-order chi connectivity index (χ1) is 6.15. The van der Waals surface area contributed by atoms with Crippen molar-refractivity contribution < 1.29 is 4.74 Å². The number of methoxy groups -OCH3 is 1. The average molecular weight is 244 g/mol. The van der Waals surface area contributed by atoms with Gasteiger partial charge in [-0.15, -0.1) is 0 Å². The van der Waals surface area contributed by atoms with Gasteiger partial charge in [-0.25, -0.2) is 0 Å². The van der Waals surface area contributed by atoms with Crippen molar-refractivity contribution in [3.05, 3.63) is 33.8 Å². The Morgan fingerprint density at radius 1 is 1.54 bits per heavy atom. The predicted molar refractivity (Wildman–Crippen MR) is 57.7 cm³/mol. The van der Waals surface area contributed by atoms with Crippen LogP contribution < -0.4 is 5.73 Å². The quantitative estimate of drug-likeness (QED) is 0.886. The van der Waals surface area contributed by atoms with E-state index in [0.717, 1.165) is 10.0 Å². The van der Waals surface area contributed by atoms with Gasteiger partial charge >= 0.3 is 0 Å². The third-order valence-electron chi connectivity index (χ3n) is 1.90. The van der Waals surface area contributed by atoms with Crippen molar-refractivity contribution in [3.63, 3.8) is 0 Å². The van der Waals surface area contributed by atoms with Gasteiger partial charge in [-0.05, 0) is 24.1 Å². The summed E-state index contributed by atoms with van der Waals surface area (Å²) in [5.74, 6) is 0. The number of benzene rings is 1. The minimum atomic E-state index is -0.0556. The first-order valence-corrected chi connectivity index (χ1v) is 4.95. The van der Waals surface area contributed by atoms with Crippen LogP contribution in [-0.2, 0) is 4.74 Å². The predicted octanol–water partition coefficient (Wildman–Crippen LogP) is 2.40. The molecule has 0 heterocycles. The molecule has 13 heavy (non-hydrogen) atoms. The van der Waals surface area contributed by atoms with Gasteiger partial charge in [-0.3, -0.25) is 0 Å². The normalized spacial score (nSPS) is 12.9. The highest BCUT2D eigenvalue weighted by atomic mass is 79.9. The Bertz CT molecular complexity index is 288. The second kappa shape index (κ2) is 4.74. The molecule has 0 aliphatic heterocycles. The molecule has 0 saturated heterocycles. The van der Waals surface area contributed by atoms with Crippen LogP contribution in [0.4, 0.5) is 0 Å². The molecule has 72 valence electrons. The Hall–Kier alpha value is -0.380. The molecule has 0 aromatic heterocycles. The molecule has 0 amide bonds. The zero-order valence-corrected chi connectivity index (χ0v) is 9.47. The van der Waals surface area contributed by atoms with E-state index in [1.54, 1.807) is 7.11 Å². The van der Waals surface area contributed by atoms with Crippen molar-refractivity contribution in [3.8, 4) is 0 Å². The number of ether oxygens (including phenoxy) is 1. The van der Waals surface area contributed by atoms with Gasteiger partial charge in [0.2, 0.25) is 0 Å². The number of halogens is 1. The third kappa shape index (κ3) is 2.79. The molecule has 0 bridgehead atoms. The Kier molecular flexibility index (Phi) is 3.90. The van der Waals surface area contributed by atoms with E-state index in [1.807, 2.05) is 6.07 Å². The lowest BCUT2D eigenvalue weighted by molar-refractivity contribution is 0.180. The molecule has 0 saturated carbocycles. The van der Waals surface area contributed by atoms with Gasteiger partial charge in [0.15, 0.2) is 0 Å². The molecule has 1 aromatic carbocycles. The maximum atomic E-state index is 5.90. The van der Waals surface area contributed by atoms with Crippen LogP contribution >= 0.6 is 15.9 Å². The van der Waals surface area contributed by atoms with Crippen LogP contribution in [0.3, 0.4) is 0 Å². The van der Waals surface area contributed by atoms with E-state index < -0.39 is 0 Å². The van der Waals surface area contributed by atoms with Crippen LogP contribution in [0.1, 0.15) is 17.2 Å².